The highest BCUT2D eigenvalue weighted by Gasteiger charge is 2.06. The lowest BCUT2D eigenvalue weighted by molar-refractivity contribution is 0.0957. The molecule has 0 heterocycles. The highest BCUT2D eigenvalue weighted by molar-refractivity contribution is 5.84. The number of methoxy groups -OCH3 is 1. The van der Waals surface area contributed by atoms with E-state index in [1.54, 1.807) is 7.11 Å². The lowest BCUT2D eigenvalue weighted by Crippen LogP contribution is -2.01. The first-order valence-electron chi connectivity index (χ1n) is 6.11. The normalized spacial score (nSPS) is 11.6. The van der Waals surface area contributed by atoms with Gasteiger partial charge in [0.15, 0.2) is 0 Å². The Balaban J connectivity index is 0.000000771. The average Bonchev–Trinajstić information content (AvgIpc) is 2.47. The van der Waals surface area contributed by atoms with Gasteiger partial charge in [-0.05, 0) is 34.5 Å². The molecule has 0 saturated heterocycles. The van der Waals surface area contributed by atoms with Crippen molar-refractivity contribution in [3.8, 4) is 5.75 Å². The Hall–Kier alpha value is -1.58. The maximum atomic E-state index is 9.51. The Bertz CT molecular complexity index is 494. The lowest BCUT2D eigenvalue weighted by Gasteiger charge is -2.09. The minimum absolute atomic E-state index is 0.262. The highest BCUT2D eigenvalue weighted by atomic mass is 16.5. The summed E-state index contributed by atoms with van der Waals surface area (Å²) in [5.41, 5.74) is 0.722. The molecule has 1 atom stereocenters. The number of hydrogen-bond donors (Lipinski definition) is 2. The van der Waals surface area contributed by atoms with Crippen LogP contribution in [0.4, 0.5) is 0 Å². The maximum absolute atomic E-state index is 9.51. The van der Waals surface area contributed by atoms with E-state index in [1.807, 2.05) is 50.2 Å². The molecular formula is C15H20O3. The van der Waals surface area contributed by atoms with Crippen LogP contribution in [0.1, 0.15) is 25.5 Å². The summed E-state index contributed by atoms with van der Waals surface area (Å²) in [5.74, 6) is 0.808. The number of aliphatic hydroxyl groups excluding tert-OH is 2. The van der Waals surface area contributed by atoms with Crippen molar-refractivity contribution in [2.45, 2.75) is 20.0 Å². The van der Waals surface area contributed by atoms with Gasteiger partial charge in [-0.15, -0.1) is 0 Å². The summed E-state index contributed by atoms with van der Waals surface area (Å²) in [4.78, 5) is 0. The van der Waals surface area contributed by atoms with Gasteiger partial charge in [-0.1, -0.05) is 32.0 Å². The summed E-state index contributed by atoms with van der Waals surface area (Å²) in [5, 5.41) is 20.5. The minimum atomic E-state index is -0.813. The first-order valence-corrected chi connectivity index (χ1v) is 6.11. The van der Waals surface area contributed by atoms with Crippen molar-refractivity contribution in [2.75, 3.05) is 13.7 Å². The summed E-state index contributed by atoms with van der Waals surface area (Å²) in [6.45, 7) is 3.74. The Morgan fingerprint density at radius 2 is 1.67 bits per heavy atom. The maximum Gasteiger partial charge on any atom is 0.119 e. The van der Waals surface area contributed by atoms with Crippen LogP contribution < -0.4 is 4.74 Å². The van der Waals surface area contributed by atoms with Crippen LogP contribution in [0.15, 0.2) is 36.4 Å². The first-order chi connectivity index (χ1) is 8.74. The Kier molecular flexibility index (Phi) is 5.62. The molecule has 18 heavy (non-hydrogen) atoms. The van der Waals surface area contributed by atoms with Gasteiger partial charge in [-0.25, -0.2) is 0 Å². The van der Waals surface area contributed by atoms with Crippen LogP contribution in [0, 0.1) is 0 Å². The molecule has 2 rings (SSSR count). The predicted octanol–water partition coefficient (Wildman–Crippen LogP) is 2.90. The average molecular weight is 248 g/mol. The summed E-state index contributed by atoms with van der Waals surface area (Å²) < 4.78 is 5.13. The summed E-state index contributed by atoms with van der Waals surface area (Å²) >= 11 is 0. The number of aliphatic hydroxyl groups is 2. The van der Waals surface area contributed by atoms with Gasteiger partial charge < -0.3 is 14.9 Å². The summed E-state index contributed by atoms with van der Waals surface area (Å²) in [7, 11) is 1.63. The molecule has 0 aliphatic rings. The van der Waals surface area contributed by atoms with Crippen LogP contribution in [0.25, 0.3) is 10.8 Å². The van der Waals surface area contributed by atoms with Crippen molar-refractivity contribution < 1.29 is 14.9 Å². The molecular weight excluding hydrogens is 228 g/mol. The van der Waals surface area contributed by atoms with Crippen molar-refractivity contribution in [3.05, 3.63) is 42.0 Å². The highest BCUT2D eigenvalue weighted by Crippen LogP contribution is 2.24. The van der Waals surface area contributed by atoms with Crippen LogP contribution in [0.5, 0.6) is 5.75 Å². The SMILES string of the molecule is CC.COc1ccc2cc(C(O)CO)ccc2c1. The number of ether oxygens (including phenoxy) is 1. The van der Waals surface area contributed by atoms with E-state index < -0.39 is 6.10 Å². The lowest BCUT2D eigenvalue weighted by atomic mass is 10.0. The predicted molar refractivity (Wildman–Crippen MR) is 73.9 cm³/mol. The quantitative estimate of drug-likeness (QED) is 0.878. The zero-order chi connectivity index (χ0) is 13.5. The fourth-order valence-electron chi connectivity index (χ4n) is 1.68. The van der Waals surface area contributed by atoms with Gasteiger partial charge in [0.1, 0.15) is 11.9 Å². The molecule has 2 aromatic carbocycles. The molecule has 0 saturated carbocycles. The van der Waals surface area contributed by atoms with Gasteiger partial charge in [0.2, 0.25) is 0 Å². The van der Waals surface area contributed by atoms with Gasteiger partial charge in [-0.2, -0.15) is 0 Å². The standard InChI is InChI=1S/C13H14O3.C2H6/c1-16-12-5-4-9-6-11(13(15)8-14)3-2-10(9)7-12;1-2/h2-7,13-15H,8H2,1H3;1-2H3. The molecule has 3 nitrogen and oxygen atoms in total. The topological polar surface area (TPSA) is 49.7 Å². The van der Waals surface area contributed by atoms with Crippen molar-refractivity contribution in [2.24, 2.45) is 0 Å². The molecule has 0 aromatic heterocycles. The third-order valence-electron chi connectivity index (χ3n) is 2.63. The van der Waals surface area contributed by atoms with E-state index in [1.165, 1.54) is 0 Å². The zero-order valence-corrected chi connectivity index (χ0v) is 11.1. The number of hydrogen-bond acceptors (Lipinski definition) is 3. The molecule has 2 N–H and O–H groups in total. The van der Waals surface area contributed by atoms with Crippen molar-refractivity contribution >= 4 is 10.8 Å². The molecule has 3 heteroatoms. The van der Waals surface area contributed by atoms with Crippen molar-refractivity contribution in [1.29, 1.82) is 0 Å². The first kappa shape index (κ1) is 14.5. The Morgan fingerprint density at radius 3 is 2.28 bits per heavy atom. The van der Waals surface area contributed by atoms with E-state index >= 15 is 0 Å². The molecule has 0 spiro atoms. The fraction of sp³-hybridized carbons (Fsp3) is 0.333. The second kappa shape index (κ2) is 6.99. The molecule has 0 radical (unpaired) electrons. The minimum Gasteiger partial charge on any atom is -0.497 e. The van der Waals surface area contributed by atoms with E-state index in [9.17, 15) is 5.11 Å². The van der Waals surface area contributed by atoms with Gasteiger partial charge in [0.05, 0.1) is 13.7 Å². The van der Waals surface area contributed by atoms with E-state index in [0.29, 0.717) is 0 Å². The van der Waals surface area contributed by atoms with Crippen LogP contribution >= 0.6 is 0 Å². The smallest absolute Gasteiger partial charge is 0.119 e. The molecule has 0 fully saturated rings. The molecule has 0 aliphatic carbocycles. The molecule has 0 amide bonds. The monoisotopic (exact) mass is 248 g/mol. The molecule has 98 valence electrons. The van der Waals surface area contributed by atoms with Gasteiger partial charge in [0.25, 0.3) is 0 Å². The molecule has 0 aliphatic heterocycles. The van der Waals surface area contributed by atoms with E-state index in [0.717, 1.165) is 22.1 Å². The van der Waals surface area contributed by atoms with Crippen LogP contribution in [-0.2, 0) is 0 Å². The second-order valence-electron chi connectivity index (χ2n) is 3.67. The third-order valence-corrected chi connectivity index (χ3v) is 2.63. The largest absolute Gasteiger partial charge is 0.497 e. The summed E-state index contributed by atoms with van der Waals surface area (Å²) in [6, 6.07) is 11.3. The number of benzene rings is 2. The fourth-order valence-corrected chi connectivity index (χ4v) is 1.68. The van der Waals surface area contributed by atoms with Gasteiger partial charge in [-0.3, -0.25) is 0 Å². The summed E-state index contributed by atoms with van der Waals surface area (Å²) in [6.07, 6.45) is -0.813. The van der Waals surface area contributed by atoms with Crippen molar-refractivity contribution in [3.63, 3.8) is 0 Å². The number of fused-ring (bicyclic) bond motifs is 1. The third kappa shape index (κ3) is 3.22. The van der Waals surface area contributed by atoms with Crippen LogP contribution in [-0.4, -0.2) is 23.9 Å². The second-order valence-corrected chi connectivity index (χ2v) is 3.67. The Labute approximate surface area is 108 Å². The Morgan fingerprint density at radius 1 is 1.06 bits per heavy atom. The molecule has 2 aromatic rings. The van der Waals surface area contributed by atoms with E-state index in [-0.39, 0.29) is 6.61 Å². The van der Waals surface area contributed by atoms with Crippen molar-refractivity contribution in [1.82, 2.24) is 0 Å². The zero-order valence-electron chi connectivity index (χ0n) is 11.1. The molecule has 0 bridgehead atoms. The van der Waals surface area contributed by atoms with Crippen LogP contribution in [0.3, 0.4) is 0 Å². The number of rotatable bonds is 3. The van der Waals surface area contributed by atoms with Gasteiger partial charge in [0, 0.05) is 0 Å². The van der Waals surface area contributed by atoms with E-state index in [2.05, 4.69) is 0 Å². The molecule has 1 unspecified atom stereocenters. The van der Waals surface area contributed by atoms with Gasteiger partial charge >= 0.3 is 0 Å². The van der Waals surface area contributed by atoms with E-state index in [4.69, 9.17) is 9.84 Å². The van der Waals surface area contributed by atoms with Crippen LogP contribution in [0.2, 0.25) is 0 Å².